The molecule has 4 bridgehead atoms. The first kappa shape index (κ1) is 18.3. The van der Waals surface area contributed by atoms with Gasteiger partial charge in [0.2, 0.25) is 5.91 Å². The summed E-state index contributed by atoms with van der Waals surface area (Å²) in [6, 6.07) is 12.7. The quantitative estimate of drug-likeness (QED) is 0.755. The van der Waals surface area contributed by atoms with Gasteiger partial charge in [-0.15, -0.1) is 0 Å². The number of rotatable bonds is 5. The first-order valence-electron chi connectivity index (χ1n) is 10.5. The summed E-state index contributed by atoms with van der Waals surface area (Å²) in [6.07, 6.45) is 6.71. The van der Waals surface area contributed by atoms with Gasteiger partial charge in [0, 0.05) is 0 Å². The number of hydrogen-bond donors (Lipinski definition) is 2. The SMILES string of the molecule is O=C(NNC(=O)C12CC3CC(CC(C3)C1)C2)c1ccc(COc2ccccc2)o1. The number of carbonyl (C=O) groups is 2. The van der Waals surface area contributed by atoms with Crippen molar-refractivity contribution in [1.82, 2.24) is 10.9 Å². The molecule has 0 atom stereocenters. The van der Waals surface area contributed by atoms with E-state index in [1.54, 1.807) is 12.1 Å². The van der Waals surface area contributed by atoms with E-state index in [1.165, 1.54) is 19.3 Å². The molecular formula is C23H26N2O4. The number of hydrogen-bond acceptors (Lipinski definition) is 4. The lowest BCUT2D eigenvalue weighted by atomic mass is 9.49. The van der Waals surface area contributed by atoms with Crippen LogP contribution in [0.1, 0.15) is 54.8 Å². The van der Waals surface area contributed by atoms with E-state index < -0.39 is 5.91 Å². The second kappa shape index (κ2) is 7.25. The summed E-state index contributed by atoms with van der Waals surface area (Å²) >= 11 is 0. The molecule has 4 aliphatic carbocycles. The molecule has 4 saturated carbocycles. The molecule has 2 N–H and O–H groups in total. The minimum atomic E-state index is -0.450. The van der Waals surface area contributed by atoms with Crippen molar-refractivity contribution in [3.8, 4) is 5.75 Å². The molecule has 0 radical (unpaired) electrons. The van der Waals surface area contributed by atoms with Gasteiger partial charge in [0.1, 0.15) is 18.1 Å². The molecule has 0 saturated heterocycles. The van der Waals surface area contributed by atoms with Crippen molar-refractivity contribution in [2.24, 2.45) is 23.2 Å². The Morgan fingerprint density at radius 1 is 0.931 bits per heavy atom. The van der Waals surface area contributed by atoms with Gasteiger partial charge in [-0.1, -0.05) is 18.2 Å². The van der Waals surface area contributed by atoms with Crippen molar-refractivity contribution < 1.29 is 18.7 Å². The van der Waals surface area contributed by atoms with Gasteiger partial charge >= 0.3 is 5.91 Å². The number of benzene rings is 1. The molecule has 1 aromatic heterocycles. The zero-order valence-corrected chi connectivity index (χ0v) is 16.4. The fraction of sp³-hybridized carbons (Fsp3) is 0.478. The molecule has 6 heteroatoms. The van der Waals surface area contributed by atoms with E-state index in [2.05, 4.69) is 10.9 Å². The highest BCUT2D eigenvalue weighted by atomic mass is 16.5. The summed E-state index contributed by atoms with van der Waals surface area (Å²) in [5.41, 5.74) is 4.92. The average Bonchev–Trinajstić information content (AvgIpc) is 3.19. The topological polar surface area (TPSA) is 80.6 Å². The van der Waals surface area contributed by atoms with E-state index in [9.17, 15) is 9.59 Å². The summed E-state index contributed by atoms with van der Waals surface area (Å²) in [6.45, 7) is 0.233. The molecule has 0 aliphatic heterocycles. The molecule has 1 aromatic carbocycles. The summed E-state index contributed by atoms with van der Waals surface area (Å²) in [7, 11) is 0. The molecule has 1 heterocycles. The Morgan fingerprint density at radius 2 is 1.59 bits per heavy atom. The maximum absolute atomic E-state index is 12.9. The Labute approximate surface area is 170 Å². The molecular weight excluding hydrogens is 368 g/mol. The molecule has 0 unspecified atom stereocenters. The maximum Gasteiger partial charge on any atom is 0.305 e. The van der Waals surface area contributed by atoms with Gasteiger partial charge in [0.25, 0.3) is 0 Å². The van der Waals surface area contributed by atoms with E-state index in [0.29, 0.717) is 23.5 Å². The van der Waals surface area contributed by atoms with Crippen LogP contribution in [-0.4, -0.2) is 11.8 Å². The summed E-state index contributed by atoms with van der Waals surface area (Å²) in [4.78, 5) is 25.3. The Balaban J connectivity index is 1.15. The number of carbonyl (C=O) groups excluding carboxylic acids is 2. The van der Waals surface area contributed by atoms with Crippen LogP contribution in [0.5, 0.6) is 5.75 Å². The Kier molecular flexibility index (Phi) is 4.57. The van der Waals surface area contributed by atoms with Gasteiger partial charge < -0.3 is 9.15 Å². The van der Waals surface area contributed by atoms with Gasteiger partial charge in [0.05, 0.1) is 5.41 Å². The van der Waals surface area contributed by atoms with Gasteiger partial charge in [-0.2, -0.15) is 0 Å². The molecule has 29 heavy (non-hydrogen) atoms. The Hall–Kier alpha value is -2.76. The highest BCUT2D eigenvalue weighted by Crippen LogP contribution is 2.60. The number of amides is 2. The number of hydrazine groups is 1. The van der Waals surface area contributed by atoms with Gasteiger partial charge in [-0.05, 0) is 80.5 Å². The number of nitrogens with one attached hydrogen (secondary N) is 2. The summed E-state index contributed by atoms with van der Waals surface area (Å²) in [5, 5.41) is 0. The van der Waals surface area contributed by atoms with E-state index in [1.807, 2.05) is 30.3 Å². The van der Waals surface area contributed by atoms with Crippen LogP contribution in [0, 0.1) is 23.2 Å². The predicted octanol–water partition coefficient (Wildman–Crippen LogP) is 3.84. The molecule has 4 fully saturated rings. The van der Waals surface area contributed by atoms with Gasteiger partial charge in [0.15, 0.2) is 5.76 Å². The molecule has 152 valence electrons. The van der Waals surface area contributed by atoms with Gasteiger partial charge in [-0.3, -0.25) is 20.4 Å². The number of ether oxygens (including phenoxy) is 1. The van der Waals surface area contributed by atoms with E-state index >= 15 is 0 Å². The van der Waals surface area contributed by atoms with Crippen molar-refractivity contribution in [3.05, 3.63) is 54.0 Å². The third-order valence-corrected chi connectivity index (χ3v) is 6.82. The van der Waals surface area contributed by atoms with Crippen LogP contribution in [0.15, 0.2) is 46.9 Å². The van der Waals surface area contributed by atoms with Crippen LogP contribution in [0.25, 0.3) is 0 Å². The third-order valence-electron chi connectivity index (χ3n) is 6.82. The highest BCUT2D eigenvalue weighted by molar-refractivity contribution is 5.93. The fourth-order valence-electron chi connectivity index (χ4n) is 5.95. The van der Waals surface area contributed by atoms with E-state index in [4.69, 9.17) is 9.15 Å². The van der Waals surface area contributed by atoms with Crippen molar-refractivity contribution in [2.45, 2.75) is 45.1 Å². The second-order valence-corrected chi connectivity index (χ2v) is 8.97. The maximum atomic E-state index is 12.9. The monoisotopic (exact) mass is 394 g/mol. The first-order valence-corrected chi connectivity index (χ1v) is 10.5. The minimum Gasteiger partial charge on any atom is -0.486 e. The lowest BCUT2D eigenvalue weighted by Gasteiger charge is -2.55. The van der Waals surface area contributed by atoms with Crippen molar-refractivity contribution in [3.63, 3.8) is 0 Å². The van der Waals surface area contributed by atoms with Crippen molar-refractivity contribution >= 4 is 11.8 Å². The standard InChI is InChI=1S/C23H26N2O4/c26-21(20-7-6-19(29-20)14-28-18-4-2-1-3-5-18)24-25-22(27)23-11-15-8-16(12-23)10-17(9-15)13-23/h1-7,15-17H,8-14H2,(H,24,26)(H,25,27). The zero-order valence-electron chi connectivity index (χ0n) is 16.4. The number of para-hydroxylation sites is 1. The number of furan rings is 1. The second-order valence-electron chi connectivity index (χ2n) is 8.97. The van der Waals surface area contributed by atoms with Crippen molar-refractivity contribution in [1.29, 1.82) is 0 Å². The van der Waals surface area contributed by atoms with E-state index in [0.717, 1.165) is 25.0 Å². The van der Waals surface area contributed by atoms with Crippen LogP contribution in [-0.2, 0) is 11.4 Å². The first-order chi connectivity index (χ1) is 14.1. The summed E-state index contributed by atoms with van der Waals surface area (Å²) in [5.74, 6) is 2.99. The minimum absolute atomic E-state index is 0.0378. The molecule has 4 aliphatic rings. The molecule has 2 amide bonds. The van der Waals surface area contributed by atoms with Gasteiger partial charge in [-0.25, -0.2) is 0 Å². The smallest absolute Gasteiger partial charge is 0.305 e. The van der Waals surface area contributed by atoms with Crippen LogP contribution >= 0.6 is 0 Å². The van der Waals surface area contributed by atoms with Crippen LogP contribution in [0.4, 0.5) is 0 Å². The fourth-order valence-corrected chi connectivity index (χ4v) is 5.95. The molecule has 6 rings (SSSR count). The Morgan fingerprint density at radius 3 is 2.24 bits per heavy atom. The molecule has 6 nitrogen and oxygen atoms in total. The predicted molar refractivity (Wildman–Crippen MR) is 106 cm³/mol. The zero-order chi connectivity index (χ0) is 19.8. The highest BCUT2D eigenvalue weighted by Gasteiger charge is 2.54. The molecule has 2 aromatic rings. The lowest BCUT2D eigenvalue weighted by molar-refractivity contribution is -0.147. The van der Waals surface area contributed by atoms with Crippen molar-refractivity contribution in [2.75, 3.05) is 0 Å². The lowest BCUT2D eigenvalue weighted by Crippen LogP contribution is -2.56. The van der Waals surface area contributed by atoms with Crippen LogP contribution in [0.3, 0.4) is 0 Å². The normalized spacial score (nSPS) is 29.4. The summed E-state index contributed by atoms with van der Waals surface area (Å²) < 4.78 is 11.2. The van der Waals surface area contributed by atoms with E-state index in [-0.39, 0.29) is 23.7 Å². The Bertz CT molecular complexity index is 869. The largest absolute Gasteiger partial charge is 0.486 e. The average molecular weight is 394 g/mol. The third kappa shape index (κ3) is 3.63. The van der Waals surface area contributed by atoms with Crippen LogP contribution < -0.4 is 15.6 Å². The molecule has 0 spiro atoms. The van der Waals surface area contributed by atoms with Crippen LogP contribution in [0.2, 0.25) is 0 Å².